The Labute approximate surface area is 157 Å². The van der Waals surface area contributed by atoms with E-state index < -0.39 is 11.6 Å². The molecule has 0 radical (unpaired) electrons. The summed E-state index contributed by atoms with van der Waals surface area (Å²) in [5, 5.41) is 0. The summed E-state index contributed by atoms with van der Waals surface area (Å²) in [6, 6.07) is 21.4. The fourth-order valence-electron chi connectivity index (χ4n) is 2.53. The maximum Gasteiger partial charge on any atom is 0.188 e. The lowest BCUT2D eigenvalue weighted by Gasteiger charge is -2.07. The van der Waals surface area contributed by atoms with Crippen molar-refractivity contribution in [2.75, 3.05) is 7.11 Å². The highest BCUT2D eigenvalue weighted by Crippen LogP contribution is 2.19. The number of carbonyl (C=O) groups excluding carboxylic acids is 1. The number of hydrogen-bond acceptors (Lipinski definition) is 3. The predicted molar refractivity (Wildman–Crippen MR) is 104 cm³/mol. The van der Waals surface area contributed by atoms with Crippen LogP contribution in [0.1, 0.15) is 21.5 Å². The van der Waals surface area contributed by atoms with Crippen molar-refractivity contribution in [3.63, 3.8) is 0 Å². The second kappa shape index (κ2) is 8.81. The highest BCUT2D eigenvalue weighted by Gasteiger charge is 2.10. The molecule has 0 aromatic heterocycles. The van der Waals surface area contributed by atoms with Crippen LogP contribution < -0.4 is 9.47 Å². The van der Waals surface area contributed by atoms with E-state index in [-0.39, 0.29) is 5.56 Å². The van der Waals surface area contributed by atoms with Crippen LogP contribution in [0.5, 0.6) is 11.5 Å². The third-order valence-electron chi connectivity index (χ3n) is 3.98. The van der Waals surface area contributed by atoms with Gasteiger partial charge in [-0.05, 0) is 41.5 Å². The molecule has 0 aliphatic rings. The van der Waals surface area contributed by atoms with Crippen LogP contribution in [-0.4, -0.2) is 12.9 Å². The monoisotopic (exact) mass is 362 g/mol. The largest absolute Gasteiger partial charge is 0.497 e. The van der Waals surface area contributed by atoms with E-state index in [4.69, 9.17) is 9.47 Å². The second-order valence-corrected chi connectivity index (χ2v) is 5.89. The molecule has 0 atom stereocenters. The minimum atomic E-state index is -0.607. The van der Waals surface area contributed by atoms with E-state index in [2.05, 4.69) is 0 Å². The molecule has 3 rings (SSSR count). The number of hydrogen-bond donors (Lipinski definition) is 0. The Hall–Kier alpha value is -3.40. The summed E-state index contributed by atoms with van der Waals surface area (Å²) in [6.45, 7) is 0.462. The summed E-state index contributed by atoms with van der Waals surface area (Å²) in [6.07, 6.45) is 2.99. The van der Waals surface area contributed by atoms with Gasteiger partial charge in [-0.3, -0.25) is 4.79 Å². The van der Waals surface area contributed by atoms with Crippen molar-refractivity contribution in [1.29, 1.82) is 0 Å². The summed E-state index contributed by atoms with van der Waals surface area (Å²) < 4.78 is 24.7. The van der Waals surface area contributed by atoms with Gasteiger partial charge in [0.1, 0.15) is 23.9 Å². The molecule has 3 aromatic carbocycles. The zero-order chi connectivity index (χ0) is 19.1. The van der Waals surface area contributed by atoms with Crippen LogP contribution in [-0.2, 0) is 6.61 Å². The summed E-state index contributed by atoms with van der Waals surface area (Å²) in [5.74, 6) is 0.0510. The molecule has 0 N–H and O–H groups in total. The van der Waals surface area contributed by atoms with Gasteiger partial charge in [0.2, 0.25) is 0 Å². The van der Waals surface area contributed by atoms with Gasteiger partial charge in [-0.2, -0.15) is 0 Å². The number of ketones is 1. The first kappa shape index (κ1) is 18.4. The van der Waals surface area contributed by atoms with Crippen molar-refractivity contribution in [3.05, 3.63) is 101 Å². The van der Waals surface area contributed by atoms with Gasteiger partial charge in [0.05, 0.1) is 12.7 Å². The van der Waals surface area contributed by atoms with Gasteiger partial charge in [-0.15, -0.1) is 0 Å². The lowest BCUT2D eigenvalue weighted by molar-refractivity contribution is 0.104. The summed E-state index contributed by atoms with van der Waals surface area (Å²) in [5.41, 5.74) is 1.87. The highest BCUT2D eigenvalue weighted by molar-refractivity contribution is 6.07. The smallest absolute Gasteiger partial charge is 0.188 e. The first-order chi connectivity index (χ1) is 13.2. The van der Waals surface area contributed by atoms with Gasteiger partial charge in [-0.1, -0.05) is 48.5 Å². The average Bonchev–Trinajstić information content (AvgIpc) is 2.71. The SMILES string of the molecule is COc1ccc(C(=O)C=Cc2cccc(OCc3ccccc3)c2)c(F)c1. The second-order valence-electron chi connectivity index (χ2n) is 5.89. The predicted octanol–water partition coefficient (Wildman–Crippen LogP) is 5.31. The quantitative estimate of drug-likeness (QED) is 0.422. The number of halogens is 1. The van der Waals surface area contributed by atoms with Crippen LogP contribution in [0.4, 0.5) is 4.39 Å². The maximum atomic E-state index is 14.0. The molecule has 4 heteroatoms. The summed E-state index contributed by atoms with van der Waals surface area (Å²) in [7, 11) is 1.45. The average molecular weight is 362 g/mol. The van der Waals surface area contributed by atoms with E-state index in [0.717, 1.165) is 11.1 Å². The summed E-state index contributed by atoms with van der Waals surface area (Å²) in [4.78, 5) is 12.2. The molecule has 3 nitrogen and oxygen atoms in total. The Kier molecular flexibility index (Phi) is 6.00. The van der Waals surface area contributed by atoms with E-state index >= 15 is 0 Å². The fraction of sp³-hybridized carbons (Fsp3) is 0.0870. The third kappa shape index (κ3) is 5.05. The molecular formula is C23H19FO3. The zero-order valence-electron chi connectivity index (χ0n) is 14.9. The van der Waals surface area contributed by atoms with Crippen molar-refractivity contribution < 1.29 is 18.7 Å². The van der Waals surface area contributed by atoms with E-state index in [1.165, 1.54) is 25.3 Å². The third-order valence-corrected chi connectivity index (χ3v) is 3.98. The van der Waals surface area contributed by atoms with E-state index in [9.17, 15) is 9.18 Å². The van der Waals surface area contributed by atoms with Crippen molar-refractivity contribution in [3.8, 4) is 11.5 Å². The van der Waals surface area contributed by atoms with Crippen molar-refractivity contribution in [1.82, 2.24) is 0 Å². The molecule has 0 spiro atoms. The minimum absolute atomic E-state index is 0.00327. The molecule has 0 aliphatic carbocycles. The van der Waals surface area contributed by atoms with E-state index in [0.29, 0.717) is 18.1 Å². The van der Waals surface area contributed by atoms with Crippen LogP contribution in [0.15, 0.2) is 78.9 Å². The lowest BCUT2D eigenvalue weighted by Crippen LogP contribution is -1.99. The minimum Gasteiger partial charge on any atom is -0.497 e. The van der Waals surface area contributed by atoms with Crippen LogP contribution in [0.25, 0.3) is 6.08 Å². The first-order valence-corrected chi connectivity index (χ1v) is 8.48. The van der Waals surface area contributed by atoms with Gasteiger partial charge >= 0.3 is 0 Å². The van der Waals surface area contributed by atoms with Crippen molar-refractivity contribution in [2.24, 2.45) is 0 Å². The number of methoxy groups -OCH3 is 1. The highest BCUT2D eigenvalue weighted by atomic mass is 19.1. The van der Waals surface area contributed by atoms with E-state index in [1.54, 1.807) is 12.1 Å². The number of rotatable bonds is 7. The molecule has 0 saturated heterocycles. The molecule has 0 aliphatic heterocycles. The Morgan fingerprint density at radius 1 is 0.963 bits per heavy atom. The number of allylic oxidation sites excluding steroid dienone is 1. The van der Waals surface area contributed by atoms with Crippen molar-refractivity contribution in [2.45, 2.75) is 6.61 Å². The van der Waals surface area contributed by atoms with Crippen LogP contribution in [0.2, 0.25) is 0 Å². The van der Waals surface area contributed by atoms with E-state index in [1.807, 2.05) is 54.6 Å². The molecule has 0 saturated carbocycles. The van der Waals surface area contributed by atoms with Crippen molar-refractivity contribution >= 4 is 11.9 Å². The molecular weight excluding hydrogens is 343 g/mol. The normalized spacial score (nSPS) is 10.7. The first-order valence-electron chi connectivity index (χ1n) is 8.48. The fourth-order valence-corrected chi connectivity index (χ4v) is 2.53. The Morgan fingerprint density at radius 2 is 1.78 bits per heavy atom. The molecule has 0 unspecified atom stereocenters. The van der Waals surface area contributed by atoms with Gasteiger partial charge in [0, 0.05) is 6.07 Å². The molecule has 3 aromatic rings. The Bertz CT molecular complexity index is 949. The molecule has 0 amide bonds. The Morgan fingerprint density at radius 3 is 2.52 bits per heavy atom. The maximum absolute atomic E-state index is 14.0. The number of carbonyl (C=O) groups is 1. The standard InChI is InChI=1S/C23H19FO3/c1-26-19-11-12-21(22(24)15-19)23(25)13-10-17-8-5-9-20(14-17)27-16-18-6-3-2-4-7-18/h2-15H,16H2,1H3. The molecule has 27 heavy (non-hydrogen) atoms. The Balaban J connectivity index is 1.67. The van der Waals surface area contributed by atoms with Gasteiger partial charge in [-0.25, -0.2) is 4.39 Å². The van der Waals surface area contributed by atoms with Crippen LogP contribution in [0, 0.1) is 5.82 Å². The van der Waals surface area contributed by atoms with Gasteiger partial charge in [0.15, 0.2) is 5.78 Å². The molecule has 136 valence electrons. The lowest BCUT2D eigenvalue weighted by atomic mass is 10.1. The number of ether oxygens (including phenoxy) is 2. The van der Waals surface area contributed by atoms with Gasteiger partial charge < -0.3 is 9.47 Å². The molecule has 0 fully saturated rings. The van der Waals surface area contributed by atoms with Crippen LogP contribution in [0.3, 0.4) is 0 Å². The zero-order valence-corrected chi connectivity index (χ0v) is 14.9. The summed E-state index contributed by atoms with van der Waals surface area (Å²) >= 11 is 0. The number of benzene rings is 3. The van der Waals surface area contributed by atoms with Crippen LogP contribution >= 0.6 is 0 Å². The molecule has 0 heterocycles. The topological polar surface area (TPSA) is 35.5 Å². The van der Waals surface area contributed by atoms with Gasteiger partial charge in [0.25, 0.3) is 0 Å². The molecule has 0 bridgehead atoms.